The monoisotopic (exact) mass is 426 g/mol. The van der Waals surface area contributed by atoms with Crippen molar-refractivity contribution < 1.29 is 4.79 Å². The maximum Gasteiger partial charge on any atom is 0.231 e. The predicted molar refractivity (Wildman–Crippen MR) is 116 cm³/mol. The molecule has 4 rings (SSSR count). The first-order valence-corrected chi connectivity index (χ1v) is 11.4. The van der Waals surface area contributed by atoms with E-state index in [0.29, 0.717) is 5.16 Å². The van der Waals surface area contributed by atoms with Crippen LogP contribution in [0, 0.1) is 6.92 Å². The minimum atomic E-state index is -0.150. The van der Waals surface area contributed by atoms with Crippen molar-refractivity contribution in [2.24, 2.45) is 0 Å². The zero-order chi connectivity index (χ0) is 19.3. The van der Waals surface area contributed by atoms with Gasteiger partial charge in [0.15, 0.2) is 5.82 Å². The Bertz CT molecular complexity index is 1020. The Kier molecular flexibility index (Phi) is 5.90. The maximum absolute atomic E-state index is 12.6. The van der Waals surface area contributed by atoms with Gasteiger partial charge in [0.05, 0.1) is 16.7 Å². The summed E-state index contributed by atoms with van der Waals surface area (Å²) < 4.78 is 0. The summed E-state index contributed by atoms with van der Waals surface area (Å²) in [5.74, 6) is 0.940. The van der Waals surface area contributed by atoms with Gasteiger partial charge >= 0.3 is 0 Å². The second-order valence-corrected chi connectivity index (χ2v) is 9.03. The Morgan fingerprint density at radius 2 is 1.93 bits per heavy atom. The molecule has 28 heavy (non-hydrogen) atoms. The van der Waals surface area contributed by atoms with E-state index in [4.69, 9.17) is 0 Å². The Hall–Kier alpha value is -2.42. The van der Waals surface area contributed by atoms with Gasteiger partial charge in [0.25, 0.3) is 0 Å². The molecule has 0 aliphatic carbocycles. The number of thiophene rings is 2. The molecule has 0 bridgehead atoms. The highest BCUT2D eigenvalue weighted by Gasteiger charge is 2.18. The van der Waals surface area contributed by atoms with Crippen LogP contribution in [0.15, 0.2) is 64.4 Å². The number of nitrogens with zero attached hydrogens (tertiary/aromatic N) is 2. The van der Waals surface area contributed by atoms with Gasteiger partial charge in [0.1, 0.15) is 0 Å². The lowest BCUT2D eigenvalue weighted by Gasteiger charge is -2.18. The van der Waals surface area contributed by atoms with Crippen LogP contribution in [0.3, 0.4) is 0 Å². The van der Waals surface area contributed by atoms with Crippen molar-refractivity contribution in [1.82, 2.24) is 20.5 Å². The molecule has 3 heterocycles. The summed E-state index contributed by atoms with van der Waals surface area (Å²) in [5.41, 5.74) is 2.27. The number of rotatable bonds is 7. The Morgan fingerprint density at radius 3 is 2.64 bits per heavy atom. The van der Waals surface area contributed by atoms with Gasteiger partial charge in [-0.05, 0) is 35.4 Å². The van der Waals surface area contributed by atoms with Crippen LogP contribution in [0.1, 0.15) is 22.0 Å². The number of hydrogen-bond acceptors (Lipinski definition) is 6. The van der Waals surface area contributed by atoms with Crippen molar-refractivity contribution in [3.63, 3.8) is 0 Å². The number of carbonyl (C=O) groups excluding carboxylic acids is 1. The smallest absolute Gasteiger partial charge is 0.231 e. The maximum atomic E-state index is 12.6. The Labute approximate surface area is 175 Å². The second-order valence-electron chi connectivity index (χ2n) is 6.16. The number of hydrogen-bond donors (Lipinski definition) is 2. The van der Waals surface area contributed by atoms with Gasteiger partial charge in [0.2, 0.25) is 11.1 Å². The molecule has 8 heteroatoms. The summed E-state index contributed by atoms with van der Waals surface area (Å²) in [7, 11) is 0. The lowest BCUT2D eigenvalue weighted by atomic mass is 10.0. The number of nitrogens with one attached hydrogen (secondary N) is 2. The van der Waals surface area contributed by atoms with E-state index in [2.05, 4.69) is 51.7 Å². The molecule has 0 aliphatic rings. The topological polar surface area (TPSA) is 70.7 Å². The van der Waals surface area contributed by atoms with Crippen molar-refractivity contribution in [2.75, 3.05) is 5.75 Å². The van der Waals surface area contributed by atoms with Crippen molar-refractivity contribution in [3.8, 4) is 10.7 Å². The van der Waals surface area contributed by atoms with Gasteiger partial charge in [-0.25, -0.2) is 4.98 Å². The quantitative estimate of drug-likeness (QED) is 0.412. The summed E-state index contributed by atoms with van der Waals surface area (Å²) in [5, 5.41) is 14.9. The number of H-pyrrole nitrogens is 1. The molecular weight excluding hydrogens is 408 g/mol. The van der Waals surface area contributed by atoms with Crippen molar-refractivity contribution in [3.05, 3.63) is 75.3 Å². The Balaban J connectivity index is 1.41. The predicted octanol–water partition coefficient (Wildman–Crippen LogP) is 4.90. The fourth-order valence-corrected chi connectivity index (χ4v) is 4.78. The first-order chi connectivity index (χ1) is 13.7. The van der Waals surface area contributed by atoms with Crippen molar-refractivity contribution in [2.45, 2.75) is 18.1 Å². The number of aromatic amines is 1. The molecule has 1 amide bonds. The van der Waals surface area contributed by atoms with Crippen LogP contribution in [0.4, 0.5) is 0 Å². The molecule has 3 aromatic heterocycles. The lowest BCUT2D eigenvalue weighted by Crippen LogP contribution is -2.30. The number of aryl methyl sites for hydroxylation is 1. The molecular formula is C20H18N4OS3. The van der Waals surface area contributed by atoms with Crippen LogP contribution in [0.5, 0.6) is 0 Å². The number of aromatic nitrogens is 3. The molecule has 0 spiro atoms. The van der Waals surface area contributed by atoms with E-state index < -0.39 is 0 Å². The molecule has 1 unspecified atom stereocenters. The van der Waals surface area contributed by atoms with Crippen LogP contribution in [-0.2, 0) is 4.79 Å². The van der Waals surface area contributed by atoms with Gasteiger partial charge < -0.3 is 5.32 Å². The Morgan fingerprint density at radius 1 is 1.14 bits per heavy atom. The number of benzene rings is 1. The molecule has 1 aromatic carbocycles. The van der Waals surface area contributed by atoms with E-state index in [1.165, 1.54) is 17.3 Å². The zero-order valence-electron chi connectivity index (χ0n) is 15.1. The molecule has 0 saturated heterocycles. The average Bonchev–Trinajstić information content (AvgIpc) is 3.47. The SMILES string of the molecule is Cc1ccc(C(NC(=O)CSc2n[nH]c(-c3cccs3)n2)c2cccs2)cc1. The highest BCUT2D eigenvalue weighted by Crippen LogP contribution is 2.27. The standard InChI is InChI=1S/C20H18N4OS3/c1-13-6-8-14(9-7-13)18(15-4-2-10-26-15)21-17(25)12-28-20-22-19(23-24-20)16-5-3-11-27-16/h2-11,18H,12H2,1H3,(H,21,25)(H,22,23,24). The van der Waals surface area contributed by atoms with E-state index in [9.17, 15) is 4.79 Å². The van der Waals surface area contributed by atoms with Gasteiger partial charge in [-0.3, -0.25) is 9.89 Å². The molecule has 0 fully saturated rings. The fraction of sp³-hybridized carbons (Fsp3) is 0.150. The summed E-state index contributed by atoms with van der Waals surface area (Å²) >= 11 is 4.56. The van der Waals surface area contributed by atoms with Crippen LogP contribution in [-0.4, -0.2) is 26.8 Å². The first kappa shape index (κ1) is 18.9. The van der Waals surface area contributed by atoms with Crippen LogP contribution >= 0.6 is 34.4 Å². The molecule has 0 radical (unpaired) electrons. The second kappa shape index (κ2) is 8.72. The lowest BCUT2D eigenvalue weighted by molar-refractivity contribution is -0.119. The van der Waals surface area contributed by atoms with Gasteiger partial charge in [-0.15, -0.1) is 27.8 Å². The van der Waals surface area contributed by atoms with E-state index >= 15 is 0 Å². The molecule has 1 atom stereocenters. The van der Waals surface area contributed by atoms with Crippen LogP contribution < -0.4 is 5.32 Å². The number of thioether (sulfide) groups is 1. The third-order valence-electron chi connectivity index (χ3n) is 4.10. The molecule has 0 saturated carbocycles. The molecule has 4 aromatic rings. The fourth-order valence-electron chi connectivity index (χ4n) is 2.70. The van der Waals surface area contributed by atoms with E-state index in [1.54, 1.807) is 22.7 Å². The normalized spacial score (nSPS) is 12.0. The molecule has 2 N–H and O–H groups in total. The first-order valence-electron chi connectivity index (χ1n) is 8.67. The van der Waals surface area contributed by atoms with Gasteiger partial charge in [0, 0.05) is 4.88 Å². The average molecular weight is 427 g/mol. The summed E-state index contributed by atoms with van der Waals surface area (Å²) in [6.45, 7) is 2.06. The van der Waals surface area contributed by atoms with Gasteiger partial charge in [-0.2, -0.15) is 0 Å². The molecule has 5 nitrogen and oxygen atoms in total. The third kappa shape index (κ3) is 4.52. The minimum absolute atomic E-state index is 0.0496. The van der Waals surface area contributed by atoms with E-state index in [0.717, 1.165) is 21.1 Å². The third-order valence-corrected chi connectivity index (χ3v) is 6.76. The summed E-state index contributed by atoms with van der Waals surface area (Å²) in [4.78, 5) is 19.2. The van der Waals surface area contributed by atoms with E-state index in [1.807, 2.05) is 35.0 Å². The van der Waals surface area contributed by atoms with Crippen molar-refractivity contribution in [1.29, 1.82) is 0 Å². The molecule has 142 valence electrons. The highest BCUT2D eigenvalue weighted by molar-refractivity contribution is 7.99. The van der Waals surface area contributed by atoms with Crippen LogP contribution in [0.25, 0.3) is 10.7 Å². The molecule has 0 aliphatic heterocycles. The summed E-state index contributed by atoms with van der Waals surface area (Å²) in [6, 6.07) is 16.1. The van der Waals surface area contributed by atoms with Gasteiger partial charge in [-0.1, -0.05) is 53.7 Å². The van der Waals surface area contributed by atoms with Crippen LogP contribution in [0.2, 0.25) is 0 Å². The minimum Gasteiger partial charge on any atom is -0.344 e. The van der Waals surface area contributed by atoms with Crippen molar-refractivity contribution >= 4 is 40.3 Å². The summed E-state index contributed by atoms with van der Waals surface area (Å²) in [6.07, 6.45) is 0. The highest BCUT2D eigenvalue weighted by atomic mass is 32.2. The number of carbonyl (C=O) groups is 1. The van der Waals surface area contributed by atoms with E-state index in [-0.39, 0.29) is 17.7 Å². The number of amides is 1. The zero-order valence-corrected chi connectivity index (χ0v) is 17.5. The largest absolute Gasteiger partial charge is 0.344 e.